The Bertz CT molecular complexity index is 264. The SMILES string of the molecule is CCCCC[C@H](N)c1ccc(Br)cn1.Cl. The van der Waals surface area contributed by atoms with Crippen molar-refractivity contribution in [2.45, 2.75) is 38.6 Å². The number of rotatable bonds is 5. The third-order valence-corrected chi connectivity index (χ3v) is 2.72. The van der Waals surface area contributed by atoms with Crippen LogP contribution in [0.4, 0.5) is 0 Å². The topological polar surface area (TPSA) is 38.9 Å². The molecule has 1 aromatic rings. The highest BCUT2D eigenvalue weighted by Gasteiger charge is 2.06. The van der Waals surface area contributed by atoms with Crippen LogP contribution in [0.5, 0.6) is 0 Å². The lowest BCUT2D eigenvalue weighted by Crippen LogP contribution is -2.11. The Morgan fingerprint density at radius 3 is 2.67 bits per heavy atom. The van der Waals surface area contributed by atoms with E-state index in [0.29, 0.717) is 0 Å². The molecule has 0 amide bonds. The molecule has 0 radical (unpaired) electrons. The van der Waals surface area contributed by atoms with Gasteiger partial charge in [0.15, 0.2) is 0 Å². The molecular weight excluding hydrogens is 275 g/mol. The van der Waals surface area contributed by atoms with Gasteiger partial charge in [-0.25, -0.2) is 0 Å². The summed E-state index contributed by atoms with van der Waals surface area (Å²) >= 11 is 3.36. The average molecular weight is 294 g/mol. The maximum absolute atomic E-state index is 6.01. The van der Waals surface area contributed by atoms with Crippen molar-refractivity contribution in [3.05, 3.63) is 28.5 Å². The maximum atomic E-state index is 6.01. The van der Waals surface area contributed by atoms with Crippen LogP contribution in [0.25, 0.3) is 0 Å². The van der Waals surface area contributed by atoms with Crippen molar-refractivity contribution in [2.24, 2.45) is 5.73 Å². The highest BCUT2D eigenvalue weighted by atomic mass is 79.9. The van der Waals surface area contributed by atoms with Crippen LogP contribution >= 0.6 is 28.3 Å². The van der Waals surface area contributed by atoms with Crippen LogP contribution in [0.2, 0.25) is 0 Å². The number of nitrogens with two attached hydrogens (primary N) is 1. The molecule has 0 spiro atoms. The Labute approximate surface area is 106 Å². The Balaban J connectivity index is 0.00000196. The first kappa shape index (κ1) is 14.9. The van der Waals surface area contributed by atoms with Crippen molar-refractivity contribution in [3.63, 3.8) is 0 Å². The van der Waals surface area contributed by atoms with E-state index < -0.39 is 0 Å². The average Bonchev–Trinajstić information content (AvgIpc) is 2.19. The normalized spacial score (nSPS) is 11.9. The molecule has 1 rings (SSSR count). The minimum atomic E-state index is 0. The van der Waals surface area contributed by atoms with Crippen molar-refractivity contribution < 1.29 is 0 Å². The lowest BCUT2D eigenvalue weighted by Gasteiger charge is -2.10. The van der Waals surface area contributed by atoms with E-state index in [2.05, 4.69) is 27.8 Å². The lowest BCUT2D eigenvalue weighted by atomic mass is 10.1. The molecule has 0 aromatic carbocycles. The molecule has 86 valence electrons. The van der Waals surface area contributed by atoms with Gasteiger partial charge in [-0.2, -0.15) is 0 Å². The summed E-state index contributed by atoms with van der Waals surface area (Å²) in [6.07, 6.45) is 6.51. The van der Waals surface area contributed by atoms with Gasteiger partial charge in [0.1, 0.15) is 0 Å². The van der Waals surface area contributed by atoms with Crippen molar-refractivity contribution >= 4 is 28.3 Å². The summed E-state index contributed by atoms with van der Waals surface area (Å²) in [4.78, 5) is 4.29. The van der Waals surface area contributed by atoms with Crippen LogP contribution < -0.4 is 5.73 Å². The number of hydrogen-bond donors (Lipinski definition) is 1. The Kier molecular flexibility index (Phi) is 8.02. The third-order valence-electron chi connectivity index (χ3n) is 2.25. The zero-order valence-electron chi connectivity index (χ0n) is 8.95. The first-order chi connectivity index (χ1) is 6.74. The van der Waals surface area contributed by atoms with E-state index in [1.54, 1.807) is 6.20 Å². The molecule has 0 aliphatic rings. The summed E-state index contributed by atoms with van der Waals surface area (Å²) in [5, 5.41) is 0. The van der Waals surface area contributed by atoms with Crippen LogP contribution in [0, 0.1) is 0 Å². The minimum absolute atomic E-state index is 0. The van der Waals surface area contributed by atoms with Gasteiger partial charge in [0, 0.05) is 16.7 Å². The van der Waals surface area contributed by atoms with Gasteiger partial charge in [-0.3, -0.25) is 4.98 Å². The van der Waals surface area contributed by atoms with Gasteiger partial charge in [-0.15, -0.1) is 12.4 Å². The molecule has 0 unspecified atom stereocenters. The first-order valence-electron chi connectivity index (χ1n) is 5.11. The molecule has 0 aliphatic carbocycles. The number of nitrogens with zero attached hydrogens (tertiary/aromatic N) is 1. The van der Waals surface area contributed by atoms with E-state index in [1.807, 2.05) is 12.1 Å². The second-order valence-electron chi connectivity index (χ2n) is 3.50. The molecule has 0 saturated heterocycles. The zero-order valence-corrected chi connectivity index (χ0v) is 11.4. The van der Waals surface area contributed by atoms with Crippen LogP contribution in [0.1, 0.15) is 44.3 Å². The molecule has 2 nitrogen and oxygen atoms in total. The molecule has 2 N–H and O–H groups in total. The molecular formula is C11H18BrClN2. The van der Waals surface area contributed by atoms with Crippen molar-refractivity contribution in [1.82, 2.24) is 4.98 Å². The number of pyridine rings is 1. The predicted octanol–water partition coefficient (Wildman–Crippen LogP) is 3.85. The fourth-order valence-corrected chi connectivity index (χ4v) is 1.60. The number of aromatic nitrogens is 1. The van der Waals surface area contributed by atoms with E-state index in [-0.39, 0.29) is 18.4 Å². The minimum Gasteiger partial charge on any atom is -0.323 e. The van der Waals surface area contributed by atoms with Gasteiger partial charge in [-0.1, -0.05) is 26.2 Å². The quantitative estimate of drug-likeness (QED) is 0.838. The summed E-state index contributed by atoms with van der Waals surface area (Å²) < 4.78 is 1.00. The lowest BCUT2D eigenvalue weighted by molar-refractivity contribution is 0.570. The van der Waals surface area contributed by atoms with E-state index in [0.717, 1.165) is 16.6 Å². The van der Waals surface area contributed by atoms with E-state index in [1.165, 1.54) is 19.3 Å². The monoisotopic (exact) mass is 292 g/mol. The molecule has 15 heavy (non-hydrogen) atoms. The van der Waals surface area contributed by atoms with Crippen LogP contribution in [-0.4, -0.2) is 4.98 Å². The van der Waals surface area contributed by atoms with Gasteiger partial charge in [0.05, 0.1) is 5.69 Å². The largest absolute Gasteiger partial charge is 0.323 e. The number of halogens is 2. The van der Waals surface area contributed by atoms with Crippen molar-refractivity contribution in [1.29, 1.82) is 0 Å². The van der Waals surface area contributed by atoms with Crippen LogP contribution in [0.3, 0.4) is 0 Å². The zero-order chi connectivity index (χ0) is 10.4. The second kappa shape index (κ2) is 8.08. The summed E-state index contributed by atoms with van der Waals surface area (Å²) in [6.45, 7) is 2.20. The molecule has 0 aliphatic heterocycles. The van der Waals surface area contributed by atoms with Gasteiger partial charge < -0.3 is 5.73 Å². The standard InChI is InChI=1S/C11H17BrN2.ClH/c1-2-3-4-5-10(13)11-7-6-9(12)8-14-11;/h6-8,10H,2-5,13H2,1H3;1H/t10-;/m0./s1. The third kappa shape index (κ3) is 5.50. The number of hydrogen-bond acceptors (Lipinski definition) is 2. The highest BCUT2D eigenvalue weighted by Crippen LogP contribution is 2.17. The summed E-state index contributed by atoms with van der Waals surface area (Å²) in [6, 6.07) is 4.07. The van der Waals surface area contributed by atoms with Gasteiger partial charge in [0.2, 0.25) is 0 Å². The smallest absolute Gasteiger partial charge is 0.0571 e. The van der Waals surface area contributed by atoms with E-state index >= 15 is 0 Å². The summed E-state index contributed by atoms with van der Waals surface area (Å²) in [7, 11) is 0. The fraction of sp³-hybridized carbons (Fsp3) is 0.545. The molecule has 0 fully saturated rings. The van der Waals surface area contributed by atoms with Crippen LogP contribution in [0.15, 0.2) is 22.8 Å². The van der Waals surface area contributed by atoms with E-state index in [4.69, 9.17) is 5.73 Å². The van der Waals surface area contributed by atoms with Gasteiger partial charge >= 0.3 is 0 Å². The molecule has 0 saturated carbocycles. The Morgan fingerprint density at radius 2 is 2.13 bits per heavy atom. The fourth-order valence-electron chi connectivity index (χ4n) is 1.37. The number of unbranched alkanes of at least 4 members (excludes halogenated alkanes) is 2. The second-order valence-corrected chi connectivity index (χ2v) is 4.42. The van der Waals surface area contributed by atoms with Gasteiger partial charge in [0.25, 0.3) is 0 Å². The highest BCUT2D eigenvalue weighted by molar-refractivity contribution is 9.10. The Morgan fingerprint density at radius 1 is 1.40 bits per heavy atom. The van der Waals surface area contributed by atoms with Crippen LogP contribution in [-0.2, 0) is 0 Å². The van der Waals surface area contributed by atoms with Crippen molar-refractivity contribution in [3.8, 4) is 0 Å². The molecule has 1 aromatic heterocycles. The molecule has 0 bridgehead atoms. The Hall–Kier alpha value is -0.120. The summed E-state index contributed by atoms with van der Waals surface area (Å²) in [5.74, 6) is 0. The molecule has 4 heteroatoms. The first-order valence-corrected chi connectivity index (χ1v) is 5.90. The summed E-state index contributed by atoms with van der Waals surface area (Å²) in [5.41, 5.74) is 7.00. The molecule has 1 heterocycles. The van der Waals surface area contributed by atoms with Gasteiger partial charge in [-0.05, 0) is 34.5 Å². The van der Waals surface area contributed by atoms with Crippen molar-refractivity contribution in [2.75, 3.05) is 0 Å². The predicted molar refractivity (Wildman–Crippen MR) is 70.3 cm³/mol. The van der Waals surface area contributed by atoms with E-state index in [9.17, 15) is 0 Å². The molecule has 1 atom stereocenters. The maximum Gasteiger partial charge on any atom is 0.0571 e.